The van der Waals surface area contributed by atoms with Crippen molar-refractivity contribution >= 4 is 11.4 Å². The summed E-state index contributed by atoms with van der Waals surface area (Å²) in [6, 6.07) is 9.50. The molecular formula is C28H45Cl2FeN3. The summed E-state index contributed by atoms with van der Waals surface area (Å²) in [4.78, 5) is 0. The van der Waals surface area contributed by atoms with E-state index in [-0.39, 0.29) is 41.9 Å². The molecule has 0 saturated carbocycles. The largest absolute Gasteiger partial charge is 2.00 e. The molecule has 2 rings (SSSR count). The minimum Gasteiger partial charge on any atom is -1.00 e. The third-order valence-electron chi connectivity index (χ3n) is 6.27. The number of hydrogen-bond donors (Lipinski definition) is 3. The van der Waals surface area contributed by atoms with Crippen LogP contribution in [-0.4, -0.2) is 26.2 Å². The van der Waals surface area contributed by atoms with Gasteiger partial charge in [0.15, 0.2) is 0 Å². The van der Waals surface area contributed by atoms with Crippen LogP contribution in [0.3, 0.4) is 0 Å². The monoisotopic (exact) mass is 549 g/mol. The van der Waals surface area contributed by atoms with Gasteiger partial charge in [-0.25, -0.2) is 0 Å². The second-order valence-electron chi connectivity index (χ2n) is 8.30. The minimum atomic E-state index is 0. The topological polar surface area (TPSA) is 36.1 Å². The minimum absolute atomic E-state index is 0. The fourth-order valence-corrected chi connectivity index (χ4v) is 4.33. The van der Waals surface area contributed by atoms with Crippen molar-refractivity contribution in [3.63, 3.8) is 0 Å². The maximum atomic E-state index is 3.71. The number of hydrogen-bond acceptors (Lipinski definition) is 3. The third kappa shape index (κ3) is 9.99. The van der Waals surface area contributed by atoms with Crippen molar-refractivity contribution in [3.8, 4) is 0 Å². The Morgan fingerprint density at radius 3 is 1.00 bits per heavy atom. The SMILES string of the molecule is CCc1cc(CC)c(NCCNCCNc2c(CC)cc(CC)cc2CC)c(CC)c1.[Cl-].[Cl-].[Fe+2]. The Labute approximate surface area is 232 Å². The van der Waals surface area contributed by atoms with Crippen LogP contribution in [0, 0.1) is 0 Å². The van der Waals surface area contributed by atoms with Gasteiger partial charge in [0, 0.05) is 37.6 Å². The Kier molecular flexibility index (Phi) is 20.0. The molecule has 3 nitrogen and oxygen atoms in total. The van der Waals surface area contributed by atoms with Gasteiger partial charge in [-0.2, -0.15) is 0 Å². The van der Waals surface area contributed by atoms with E-state index in [0.29, 0.717) is 0 Å². The van der Waals surface area contributed by atoms with Gasteiger partial charge in [0.05, 0.1) is 0 Å². The Morgan fingerprint density at radius 2 is 0.765 bits per heavy atom. The number of nitrogens with one attached hydrogen (secondary N) is 3. The number of halogens is 2. The fraction of sp³-hybridized carbons (Fsp3) is 0.571. The van der Waals surface area contributed by atoms with Crippen LogP contribution in [0.15, 0.2) is 24.3 Å². The summed E-state index contributed by atoms with van der Waals surface area (Å²) in [7, 11) is 0. The van der Waals surface area contributed by atoms with Gasteiger partial charge < -0.3 is 40.8 Å². The molecule has 0 fully saturated rings. The van der Waals surface area contributed by atoms with Crippen LogP contribution in [-0.2, 0) is 55.6 Å². The van der Waals surface area contributed by atoms with E-state index in [1.54, 1.807) is 0 Å². The maximum Gasteiger partial charge on any atom is 2.00 e. The van der Waals surface area contributed by atoms with Crippen LogP contribution in [0.25, 0.3) is 0 Å². The summed E-state index contributed by atoms with van der Waals surface area (Å²) in [6.45, 7) is 17.4. The van der Waals surface area contributed by atoms with Crippen molar-refractivity contribution in [1.82, 2.24) is 5.32 Å². The molecule has 0 aromatic heterocycles. The van der Waals surface area contributed by atoms with E-state index in [1.165, 1.54) is 44.8 Å². The summed E-state index contributed by atoms with van der Waals surface area (Å²) in [5.41, 5.74) is 11.4. The molecule has 0 aliphatic heterocycles. The van der Waals surface area contributed by atoms with E-state index in [9.17, 15) is 0 Å². The van der Waals surface area contributed by atoms with Gasteiger partial charge in [-0.15, -0.1) is 0 Å². The van der Waals surface area contributed by atoms with Gasteiger partial charge >= 0.3 is 17.1 Å². The number of anilines is 2. The van der Waals surface area contributed by atoms with E-state index in [0.717, 1.165) is 64.7 Å². The fourth-order valence-electron chi connectivity index (χ4n) is 4.33. The third-order valence-corrected chi connectivity index (χ3v) is 6.27. The average molecular weight is 550 g/mol. The van der Waals surface area contributed by atoms with E-state index >= 15 is 0 Å². The molecule has 0 unspecified atom stereocenters. The standard InChI is InChI=1S/C28H45N3.2ClH.Fe/c1-7-21-17-23(9-3)27(24(10-4)18-21)30-15-13-29-14-16-31-28-25(11-5)19-22(8-2)20-26(28)12-6;;;/h17-20,29-31H,7-16H2,1-6H3;2*1H;/q;;;+2/p-2. The molecule has 0 aliphatic carbocycles. The molecule has 2 aromatic carbocycles. The zero-order chi connectivity index (χ0) is 22.6. The van der Waals surface area contributed by atoms with Gasteiger partial charge in [-0.05, 0) is 71.9 Å². The first-order chi connectivity index (χ1) is 15.1. The number of rotatable bonds is 14. The van der Waals surface area contributed by atoms with Gasteiger partial charge in [-0.3, -0.25) is 0 Å². The van der Waals surface area contributed by atoms with Crippen molar-refractivity contribution < 1.29 is 41.9 Å². The molecule has 0 aliphatic rings. The van der Waals surface area contributed by atoms with Crippen LogP contribution in [0.2, 0.25) is 0 Å². The van der Waals surface area contributed by atoms with Crippen LogP contribution in [0.5, 0.6) is 0 Å². The second-order valence-corrected chi connectivity index (χ2v) is 8.30. The zero-order valence-electron chi connectivity index (χ0n) is 22.0. The van der Waals surface area contributed by atoms with Crippen molar-refractivity contribution in [2.24, 2.45) is 0 Å². The first-order valence-electron chi connectivity index (χ1n) is 12.6. The summed E-state index contributed by atoms with van der Waals surface area (Å²) < 4.78 is 0. The summed E-state index contributed by atoms with van der Waals surface area (Å²) in [6.07, 6.45) is 6.53. The molecule has 0 bridgehead atoms. The molecule has 6 heteroatoms. The van der Waals surface area contributed by atoms with Gasteiger partial charge in [-0.1, -0.05) is 65.8 Å². The van der Waals surface area contributed by atoms with E-state index in [1.807, 2.05) is 0 Å². The van der Waals surface area contributed by atoms with Gasteiger partial charge in [0.2, 0.25) is 0 Å². The van der Waals surface area contributed by atoms with Crippen molar-refractivity contribution in [3.05, 3.63) is 57.6 Å². The van der Waals surface area contributed by atoms with Crippen LogP contribution in [0.1, 0.15) is 74.9 Å². The molecule has 0 heterocycles. The molecule has 194 valence electrons. The summed E-state index contributed by atoms with van der Waals surface area (Å²) in [5.74, 6) is 0. The normalized spacial score (nSPS) is 10.1. The summed E-state index contributed by atoms with van der Waals surface area (Å²) in [5, 5.41) is 11.0. The van der Waals surface area contributed by atoms with Gasteiger partial charge in [0.25, 0.3) is 0 Å². The van der Waals surface area contributed by atoms with Crippen molar-refractivity contribution in [2.75, 3.05) is 36.8 Å². The molecule has 0 atom stereocenters. The van der Waals surface area contributed by atoms with Crippen LogP contribution >= 0.6 is 0 Å². The molecule has 34 heavy (non-hydrogen) atoms. The maximum absolute atomic E-state index is 3.71. The molecule has 0 saturated heterocycles. The van der Waals surface area contributed by atoms with Gasteiger partial charge in [0.1, 0.15) is 0 Å². The molecule has 3 N–H and O–H groups in total. The Hall–Kier alpha value is -0.901. The molecule has 0 amide bonds. The van der Waals surface area contributed by atoms with E-state index in [4.69, 9.17) is 0 Å². The Morgan fingerprint density at radius 1 is 0.471 bits per heavy atom. The predicted molar refractivity (Wildman–Crippen MR) is 139 cm³/mol. The van der Waals surface area contributed by atoms with Crippen LogP contribution < -0.4 is 40.8 Å². The number of benzene rings is 2. The van der Waals surface area contributed by atoms with Crippen LogP contribution in [0.4, 0.5) is 11.4 Å². The first-order valence-corrected chi connectivity index (χ1v) is 12.6. The first kappa shape index (κ1) is 35.3. The smallest absolute Gasteiger partial charge is 1.00 e. The average Bonchev–Trinajstić information content (AvgIpc) is 2.82. The number of aryl methyl sites for hydroxylation is 6. The Balaban J connectivity index is 0. The molecule has 0 radical (unpaired) electrons. The van der Waals surface area contributed by atoms with Crippen molar-refractivity contribution in [2.45, 2.75) is 80.1 Å². The van der Waals surface area contributed by atoms with E-state index < -0.39 is 0 Å². The Bertz CT molecular complexity index is 710. The summed E-state index contributed by atoms with van der Waals surface area (Å²) >= 11 is 0. The molecule has 0 spiro atoms. The van der Waals surface area contributed by atoms with Crippen molar-refractivity contribution in [1.29, 1.82) is 0 Å². The van der Waals surface area contributed by atoms with E-state index in [2.05, 4.69) is 81.8 Å². The quantitative estimate of drug-likeness (QED) is 0.232. The molecular weight excluding hydrogens is 505 g/mol. The predicted octanol–water partition coefficient (Wildman–Crippen LogP) is 0.180. The second kappa shape index (κ2) is 19.3. The zero-order valence-corrected chi connectivity index (χ0v) is 24.6. The molecule has 2 aromatic rings.